The zero-order valence-electron chi connectivity index (χ0n) is 18.5. The van der Waals surface area contributed by atoms with Crippen molar-refractivity contribution in [3.8, 4) is 5.75 Å². The van der Waals surface area contributed by atoms with Gasteiger partial charge in [0.2, 0.25) is 0 Å². The third-order valence-corrected chi connectivity index (χ3v) is 6.35. The Bertz CT molecular complexity index is 706. The minimum Gasteiger partial charge on any atom is -0.494 e. The first-order chi connectivity index (χ1) is 14.6. The quantitative estimate of drug-likeness (QED) is 0.436. The fourth-order valence-electron chi connectivity index (χ4n) is 4.48. The number of nitrogens with zero attached hydrogens (tertiary/aromatic N) is 2. The molecule has 2 saturated heterocycles. The summed E-state index contributed by atoms with van der Waals surface area (Å²) in [5, 5.41) is 3.62. The van der Waals surface area contributed by atoms with Gasteiger partial charge in [-0.05, 0) is 50.3 Å². The van der Waals surface area contributed by atoms with E-state index in [1.807, 2.05) is 14.0 Å². The Morgan fingerprint density at radius 1 is 1.23 bits per heavy atom. The molecule has 2 heterocycles. The van der Waals surface area contributed by atoms with Gasteiger partial charge in [0.05, 0.1) is 19.6 Å². The predicted octanol–water partition coefficient (Wildman–Crippen LogP) is 2.59. The second kappa shape index (κ2) is 10.7. The van der Waals surface area contributed by atoms with Crippen molar-refractivity contribution < 1.29 is 19.0 Å². The number of methoxy groups -OCH3 is 1. The average molecular weight is 418 g/mol. The standard InChI is InChI=1S/C23H35N3O4/c1-4-30-20-7-5-19(6-8-20)23(11-15-29-16-12-23)17-25-22(24-2)26-13-9-18(10-14-26)21(27)28-3/h5-8,18H,4,9-17H2,1-3H3,(H,24,25). The van der Waals surface area contributed by atoms with Gasteiger partial charge < -0.3 is 24.4 Å². The van der Waals surface area contributed by atoms with Gasteiger partial charge in [0.25, 0.3) is 0 Å². The van der Waals surface area contributed by atoms with Crippen molar-refractivity contribution in [2.45, 2.75) is 38.0 Å². The lowest BCUT2D eigenvalue weighted by Gasteiger charge is -2.40. The van der Waals surface area contributed by atoms with Gasteiger partial charge in [0.1, 0.15) is 5.75 Å². The Morgan fingerprint density at radius 2 is 1.90 bits per heavy atom. The van der Waals surface area contributed by atoms with Crippen molar-refractivity contribution in [1.82, 2.24) is 10.2 Å². The van der Waals surface area contributed by atoms with Gasteiger partial charge in [-0.25, -0.2) is 0 Å². The number of carbonyl (C=O) groups is 1. The predicted molar refractivity (Wildman–Crippen MR) is 117 cm³/mol. The van der Waals surface area contributed by atoms with E-state index in [1.54, 1.807) is 0 Å². The summed E-state index contributed by atoms with van der Waals surface area (Å²) < 4.78 is 16.2. The molecule has 166 valence electrons. The summed E-state index contributed by atoms with van der Waals surface area (Å²) in [5.74, 6) is 1.69. The van der Waals surface area contributed by atoms with Crippen LogP contribution in [0.2, 0.25) is 0 Å². The van der Waals surface area contributed by atoms with E-state index in [0.717, 1.165) is 70.2 Å². The average Bonchev–Trinajstić information content (AvgIpc) is 2.80. The highest BCUT2D eigenvalue weighted by Crippen LogP contribution is 2.35. The number of ether oxygens (including phenoxy) is 3. The second-order valence-corrected chi connectivity index (χ2v) is 8.04. The first kappa shape index (κ1) is 22.4. The molecule has 0 saturated carbocycles. The highest BCUT2D eigenvalue weighted by atomic mass is 16.5. The normalized spacial score (nSPS) is 20.0. The molecule has 7 nitrogen and oxygen atoms in total. The van der Waals surface area contributed by atoms with Gasteiger partial charge in [-0.1, -0.05) is 12.1 Å². The summed E-state index contributed by atoms with van der Waals surface area (Å²) in [6, 6.07) is 8.48. The van der Waals surface area contributed by atoms with Crippen molar-refractivity contribution in [1.29, 1.82) is 0 Å². The van der Waals surface area contributed by atoms with Crippen molar-refractivity contribution in [2.75, 3.05) is 53.6 Å². The van der Waals surface area contributed by atoms with Crippen molar-refractivity contribution in [2.24, 2.45) is 10.9 Å². The molecule has 0 amide bonds. The summed E-state index contributed by atoms with van der Waals surface area (Å²) >= 11 is 0. The van der Waals surface area contributed by atoms with E-state index < -0.39 is 0 Å². The number of aliphatic imine (C=N–C) groups is 1. The van der Waals surface area contributed by atoms with Crippen molar-refractivity contribution >= 4 is 11.9 Å². The zero-order chi connectivity index (χ0) is 21.4. The van der Waals surface area contributed by atoms with Gasteiger partial charge >= 0.3 is 5.97 Å². The molecule has 0 atom stereocenters. The van der Waals surface area contributed by atoms with Gasteiger partial charge in [-0.2, -0.15) is 0 Å². The molecular weight excluding hydrogens is 382 g/mol. The Hall–Kier alpha value is -2.28. The summed E-state index contributed by atoms with van der Waals surface area (Å²) in [4.78, 5) is 18.6. The van der Waals surface area contributed by atoms with E-state index in [0.29, 0.717) is 6.61 Å². The van der Waals surface area contributed by atoms with Crippen molar-refractivity contribution in [3.63, 3.8) is 0 Å². The van der Waals surface area contributed by atoms with Crippen LogP contribution in [0.1, 0.15) is 38.2 Å². The maximum atomic E-state index is 11.8. The molecule has 2 fully saturated rings. The lowest BCUT2D eigenvalue weighted by atomic mass is 9.74. The van der Waals surface area contributed by atoms with Crippen LogP contribution in [0.15, 0.2) is 29.3 Å². The van der Waals surface area contributed by atoms with Crippen LogP contribution in [0, 0.1) is 5.92 Å². The van der Waals surface area contributed by atoms with E-state index in [1.165, 1.54) is 12.7 Å². The van der Waals surface area contributed by atoms with Crippen LogP contribution in [-0.4, -0.2) is 70.4 Å². The number of carbonyl (C=O) groups excluding carboxylic acids is 1. The van der Waals surface area contributed by atoms with Gasteiger partial charge in [-0.3, -0.25) is 9.79 Å². The molecule has 0 radical (unpaired) electrons. The molecule has 0 aromatic heterocycles. The molecule has 2 aliphatic rings. The third-order valence-electron chi connectivity index (χ3n) is 6.35. The Kier molecular flexibility index (Phi) is 7.96. The number of guanidine groups is 1. The van der Waals surface area contributed by atoms with Crippen LogP contribution in [0.25, 0.3) is 0 Å². The molecule has 3 rings (SSSR count). The molecule has 7 heteroatoms. The van der Waals surface area contributed by atoms with Crippen LogP contribution in [0.5, 0.6) is 5.75 Å². The molecule has 0 bridgehead atoms. The van der Waals surface area contributed by atoms with Gasteiger partial charge in [-0.15, -0.1) is 0 Å². The topological polar surface area (TPSA) is 72.4 Å². The number of hydrogen-bond donors (Lipinski definition) is 1. The summed E-state index contributed by atoms with van der Waals surface area (Å²) in [6.07, 6.45) is 3.53. The fraction of sp³-hybridized carbons (Fsp3) is 0.652. The minimum atomic E-state index is -0.103. The minimum absolute atomic E-state index is 0.00325. The molecular formula is C23H35N3O4. The number of likely N-dealkylation sites (tertiary alicyclic amines) is 1. The molecule has 1 N–H and O–H groups in total. The van der Waals surface area contributed by atoms with E-state index in [2.05, 4.69) is 39.5 Å². The third kappa shape index (κ3) is 5.25. The number of benzene rings is 1. The number of piperidine rings is 1. The van der Waals surface area contributed by atoms with Crippen LogP contribution < -0.4 is 10.1 Å². The van der Waals surface area contributed by atoms with Crippen LogP contribution >= 0.6 is 0 Å². The van der Waals surface area contributed by atoms with Crippen molar-refractivity contribution in [3.05, 3.63) is 29.8 Å². The number of hydrogen-bond acceptors (Lipinski definition) is 5. The number of rotatable bonds is 6. The summed E-state index contributed by atoms with van der Waals surface area (Å²) in [6.45, 7) is 6.60. The van der Waals surface area contributed by atoms with E-state index in [4.69, 9.17) is 14.2 Å². The lowest BCUT2D eigenvalue weighted by Crippen LogP contribution is -2.51. The van der Waals surface area contributed by atoms with Gasteiger partial charge in [0.15, 0.2) is 5.96 Å². The summed E-state index contributed by atoms with van der Waals surface area (Å²) in [7, 11) is 3.28. The molecule has 0 aliphatic carbocycles. The zero-order valence-corrected chi connectivity index (χ0v) is 18.5. The Morgan fingerprint density at radius 3 is 2.47 bits per heavy atom. The van der Waals surface area contributed by atoms with E-state index in [-0.39, 0.29) is 17.3 Å². The lowest BCUT2D eigenvalue weighted by molar-refractivity contribution is -0.146. The van der Waals surface area contributed by atoms with Crippen LogP contribution in [-0.2, 0) is 19.7 Å². The SMILES string of the molecule is CCOc1ccc(C2(CNC(=NC)N3CCC(C(=O)OC)CC3)CCOCC2)cc1. The van der Waals surface area contributed by atoms with E-state index >= 15 is 0 Å². The molecule has 0 spiro atoms. The highest BCUT2D eigenvalue weighted by molar-refractivity contribution is 5.80. The molecule has 1 aromatic rings. The first-order valence-electron chi connectivity index (χ1n) is 11.0. The van der Waals surface area contributed by atoms with E-state index in [9.17, 15) is 4.79 Å². The second-order valence-electron chi connectivity index (χ2n) is 8.04. The Labute approximate surface area is 179 Å². The molecule has 30 heavy (non-hydrogen) atoms. The first-order valence-corrected chi connectivity index (χ1v) is 11.0. The monoisotopic (exact) mass is 417 g/mol. The van der Waals surface area contributed by atoms with Gasteiger partial charge in [0, 0.05) is 45.3 Å². The number of esters is 1. The maximum absolute atomic E-state index is 11.8. The largest absolute Gasteiger partial charge is 0.494 e. The molecule has 0 unspecified atom stereocenters. The Balaban J connectivity index is 1.66. The van der Waals surface area contributed by atoms with Crippen LogP contribution in [0.3, 0.4) is 0 Å². The molecule has 2 aliphatic heterocycles. The molecule has 1 aromatic carbocycles. The summed E-state index contributed by atoms with van der Waals surface area (Å²) in [5.41, 5.74) is 1.31. The van der Waals surface area contributed by atoms with Crippen LogP contribution in [0.4, 0.5) is 0 Å². The smallest absolute Gasteiger partial charge is 0.308 e. The highest BCUT2D eigenvalue weighted by Gasteiger charge is 2.35. The fourth-order valence-corrected chi connectivity index (χ4v) is 4.48. The number of nitrogens with one attached hydrogen (secondary N) is 1. The maximum Gasteiger partial charge on any atom is 0.308 e.